The maximum absolute atomic E-state index is 5.68. The highest BCUT2D eigenvalue weighted by molar-refractivity contribution is 5.04. The second-order valence-corrected chi connectivity index (χ2v) is 3.59. The number of hydrogen-bond donors (Lipinski definition) is 1. The fourth-order valence-corrected chi connectivity index (χ4v) is 1.46. The zero-order valence-corrected chi connectivity index (χ0v) is 6.93. The van der Waals surface area contributed by atoms with Gasteiger partial charge in [-0.3, -0.25) is 0 Å². The molecule has 0 saturated carbocycles. The van der Waals surface area contributed by atoms with Gasteiger partial charge in [-0.2, -0.15) is 0 Å². The quantitative estimate of drug-likeness (QED) is 0.552. The fourth-order valence-electron chi connectivity index (χ4n) is 1.46. The number of rotatable bonds is 1. The Morgan fingerprint density at radius 3 is 2.80 bits per heavy atom. The Morgan fingerprint density at radius 1 is 1.70 bits per heavy atom. The molecule has 0 radical (unpaired) electrons. The molecule has 2 atom stereocenters. The maximum atomic E-state index is 5.68. The van der Waals surface area contributed by atoms with Gasteiger partial charge in [0.15, 0.2) is 0 Å². The Kier molecular flexibility index (Phi) is 2.14. The zero-order valence-electron chi connectivity index (χ0n) is 6.93. The van der Waals surface area contributed by atoms with E-state index >= 15 is 0 Å². The third-order valence-electron chi connectivity index (χ3n) is 2.83. The smallest absolute Gasteiger partial charge is 0.00141 e. The second-order valence-electron chi connectivity index (χ2n) is 3.59. The summed E-state index contributed by atoms with van der Waals surface area (Å²) in [5, 5.41) is 0. The Labute approximate surface area is 63.3 Å². The van der Waals surface area contributed by atoms with Crippen LogP contribution in [0.3, 0.4) is 0 Å². The summed E-state index contributed by atoms with van der Waals surface area (Å²) < 4.78 is 0. The largest absolute Gasteiger partial charge is 0.330 e. The topological polar surface area (TPSA) is 26.0 Å². The van der Waals surface area contributed by atoms with Gasteiger partial charge in [0.1, 0.15) is 0 Å². The molecule has 2 N–H and O–H groups in total. The fraction of sp³-hybridized carbons (Fsp3) is 0.778. The highest BCUT2D eigenvalue weighted by Crippen LogP contribution is 2.34. The third kappa shape index (κ3) is 1.24. The monoisotopic (exact) mass is 139 g/mol. The van der Waals surface area contributed by atoms with Gasteiger partial charge in [-0.05, 0) is 18.8 Å². The van der Waals surface area contributed by atoms with E-state index in [2.05, 4.69) is 26.0 Å². The van der Waals surface area contributed by atoms with Crippen LogP contribution < -0.4 is 5.73 Å². The first-order valence-electron chi connectivity index (χ1n) is 4.07. The Balaban J connectivity index is 2.71. The number of hydrogen-bond acceptors (Lipinski definition) is 1. The van der Waals surface area contributed by atoms with E-state index < -0.39 is 0 Å². The van der Waals surface area contributed by atoms with Gasteiger partial charge in [0.2, 0.25) is 0 Å². The molecule has 1 heteroatoms. The van der Waals surface area contributed by atoms with E-state index in [0.29, 0.717) is 0 Å². The lowest BCUT2D eigenvalue weighted by molar-refractivity contribution is 0.258. The van der Waals surface area contributed by atoms with Gasteiger partial charge in [-0.25, -0.2) is 0 Å². The van der Waals surface area contributed by atoms with Crippen molar-refractivity contribution in [3.63, 3.8) is 0 Å². The average Bonchev–Trinajstić information content (AvgIpc) is 1.96. The average molecular weight is 139 g/mol. The first-order valence-corrected chi connectivity index (χ1v) is 4.07. The van der Waals surface area contributed by atoms with Crippen LogP contribution in [0.15, 0.2) is 12.2 Å². The molecule has 0 fully saturated rings. The van der Waals surface area contributed by atoms with E-state index in [1.807, 2.05) is 0 Å². The van der Waals surface area contributed by atoms with Gasteiger partial charge >= 0.3 is 0 Å². The minimum Gasteiger partial charge on any atom is -0.330 e. The lowest BCUT2D eigenvalue weighted by Crippen LogP contribution is -2.33. The summed E-state index contributed by atoms with van der Waals surface area (Å²) in [4.78, 5) is 0. The summed E-state index contributed by atoms with van der Waals surface area (Å²) >= 11 is 0. The first-order chi connectivity index (χ1) is 4.69. The molecule has 0 aromatic carbocycles. The van der Waals surface area contributed by atoms with E-state index in [1.165, 1.54) is 12.8 Å². The molecular formula is C9H17N. The summed E-state index contributed by atoms with van der Waals surface area (Å²) in [7, 11) is 0. The standard InChI is InChI=1S/C9H17N/c1-8-5-3-4-6-9(8,2)7-10/h4,6,8H,3,5,7,10H2,1-2H3. The molecule has 1 aliphatic rings. The van der Waals surface area contributed by atoms with Crippen molar-refractivity contribution in [3.8, 4) is 0 Å². The van der Waals surface area contributed by atoms with Crippen LogP contribution in [0.1, 0.15) is 26.7 Å². The van der Waals surface area contributed by atoms with Gasteiger partial charge in [0.25, 0.3) is 0 Å². The summed E-state index contributed by atoms with van der Waals surface area (Å²) in [5.74, 6) is 0.752. The van der Waals surface area contributed by atoms with E-state index in [9.17, 15) is 0 Å². The van der Waals surface area contributed by atoms with Crippen LogP contribution in [0.4, 0.5) is 0 Å². The van der Waals surface area contributed by atoms with Crippen molar-refractivity contribution in [2.24, 2.45) is 17.1 Å². The molecular weight excluding hydrogens is 122 g/mol. The molecule has 0 spiro atoms. The van der Waals surface area contributed by atoms with Crippen molar-refractivity contribution in [2.75, 3.05) is 6.54 Å². The Morgan fingerprint density at radius 2 is 2.40 bits per heavy atom. The van der Waals surface area contributed by atoms with Gasteiger partial charge in [0, 0.05) is 12.0 Å². The molecule has 2 unspecified atom stereocenters. The van der Waals surface area contributed by atoms with Crippen LogP contribution in [0, 0.1) is 11.3 Å². The van der Waals surface area contributed by atoms with E-state index in [1.54, 1.807) is 0 Å². The highest BCUT2D eigenvalue weighted by atomic mass is 14.6. The molecule has 1 nitrogen and oxygen atoms in total. The third-order valence-corrected chi connectivity index (χ3v) is 2.83. The SMILES string of the molecule is CC1CCC=CC1(C)CN. The van der Waals surface area contributed by atoms with Crippen LogP contribution in [0.2, 0.25) is 0 Å². The molecule has 1 aliphatic carbocycles. The lowest BCUT2D eigenvalue weighted by Gasteiger charge is -2.34. The van der Waals surface area contributed by atoms with Crippen molar-refractivity contribution in [2.45, 2.75) is 26.7 Å². The van der Waals surface area contributed by atoms with Crippen LogP contribution in [0.5, 0.6) is 0 Å². The molecule has 10 heavy (non-hydrogen) atoms. The number of nitrogens with two attached hydrogens (primary N) is 1. The molecule has 0 aliphatic heterocycles. The summed E-state index contributed by atoms with van der Waals surface area (Å²) in [6.45, 7) is 5.31. The minimum absolute atomic E-state index is 0.276. The van der Waals surface area contributed by atoms with Crippen molar-refractivity contribution in [3.05, 3.63) is 12.2 Å². The number of allylic oxidation sites excluding steroid dienone is 1. The Hall–Kier alpha value is -0.300. The lowest BCUT2D eigenvalue weighted by atomic mass is 9.73. The van der Waals surface area contributed by atoms with E-state index in [-0.39, 0.29) is 5.41 Å². The maximum Gasteiger partial charge on any atom is 0.00141 e. The molecule has 0 amide bonds. The molecule has 58 valence electrons. The second kappa shape index (κ2) is 2.75. The normalized spacial score (nSPS) is 40.1. The predicted molar refractivity (Wildman–Crippen MR) is 44.7 cm³/mol. The van der Waals surface area contributed by atoms with E-state index in [0.717, 1.165) is 12.5 Å². The van der Waals surface area contributed by atoms with Crippen LogP contribution in [0.25, 0.3) is 0 Å². The van der Waals surface area contributed by atoms with Gasteiger partial charge < -0.3 is 5.73 Å². The first kappa shape index (κ1) is 7.80. The van der Waals surface area contributed by atoms with Gasteiger partial charge in [-0.15, -0.1) is 0 Å². The Bertz CT molecular complexity index is 140. The summed E-state index contributed by atoms with van der Waals surface area (Å²) in [6.07, 6.45) is 7.06. The molecule has 1 rings (SSSR count). The van der Waals surface area contributed by atoms with Crippen molar-refractivity contribution < 1.29 is 0 Å². The van der Waals surface area contributed by atoms with Crippen molar-refractivity contribution >= 4 is 0 Å². The predicted octanol–water partition coefficient (Wildman–Crippen LogP) is 1.94. The molecule has 0 aromatic heterocycles. The van der Waals surface area contributed by atoms with Crippen molar-refractivity contribution in [1.82, 2.24) is 0 Å². The molecule has 0 aromatic rings. The highest BCUT2D eigenvalue weighted by Gasteiger charge is 2.28. The zero-order chi connectivity index (χ0) is 7.61. The van der Waals surface area contributed by atoms with Crippen LogP contribution >= 0.6 is 0 Å². The van der Waals surface area contributed by atoms with Crippen LogP contribution in [-0.2, 0) is 0 Å². The summed E-state index contributed by atoms with van der Waals surface area (Å²) in [5.41, 5.74) is 5.95. The minimum atomic E-state index is 0.276. The van der Waals surface area contributed by atoms with Crippen molar-refractivity contribution in [1.29, 1.82) is 0 Å². The molecule has 0 bridgehead atoms. The van der Waals surface area contributed by atoms with Crippen LogP contribution in [-0.4, -0.2) is 6.54 Å². The van der Waals surface area contributed by atoms with Gasteiger partial charge in [-0.1, -0.05) is 26.0 Å². The molecule has 0 saturated heterocycles. The summed E-state index contributed by atoms with van der Waals surface area (Å²) in [6, 6.07) is 0. The van der Waals surface area contributed by atoms with Gasteiger partial charge in [0.05, 0.1) is 0 Å². The molecule has 0 heterocycles. The van der Waals surface area contributed by atoms with E-state index in [4.69, 9.17) is 5.73 Å².